The van der Waals surface area contributed by atoms with Crippen molar-refractivity contribution in [1.82, 2.24) is 0 Å². The van der Waals surface area contributed by atoms with Gasteiger partial charge in [-0.25, -0.2) is 0 Å². The molecule has 48 heavy (non-hydrogen) atoms. The molecule has 3 aliphatic carbocycles. The molecule has 9 rings (SSSR count). The van der Waals surface area contributed by atoms with Gasteiger partial charge in [0.25, 0.3) is 0 Å². The van der Waals surface area contributed by atoms with Gasteiger partial charge in [0.15, 0.2) is 0 Å². The van der Waals surface area contributed by atoms with Crippen LogP contribution in [0.3, 0.4) is 0 Å². The van der Waals surface area contributed by atoms with Crippen LogP contribution in [0.25, 0.3) is 54.2 Å². The maximum atomic E-state index is 2.65. The molecule has 1 saturated carbocycles. The van der Waals surface area contributed by atoms with E-state index in [4.69, 9.17) is 0 Å². The highest BCUT2D eigenvalue weighted by Crippen LogP contribution is 2.57. The van der Waals surface area contributed by atoms with Crippen LogP contribution in [-0.4, -0.2) is 0 Å². The fourth-order valence-corrected chi connectivity index (χ4v) is 10.3. The highest BCUT2D eigenvalue weighted by molar-refractivity contribution is 6.18. The average molecular weight is 629 g/mol. The zero-order valence-electron chi connectivity index (χ0n) is 31.3. The molecule has 6 aromatic rings. The molecular formula is C48H52. The van der Waals surface area contributed by atoms with E-state index in [9.17, 15) is 0 Å². The predicted molar refractivity (Wildman–Crippen MR) is 210 cm³/mol. The fraction of sp³-hybridized carbons (Fsp3) is 0.417. The van der Waals surface area contributed by atoms with E-state index in [-0.39, 0.29) is 21.7 Å². The van der Waals surface area contributed by atoms with Gasteiger partial charge in [0.05, 0.1) is 0 Å². The van der Waals surface area contributed by atoms with Crippen LogP contribution in [0, 0.1) is 0 Å². The summed E-state index contributed by atoms with van der Waals surface area (Å²) in [6.07, 6.45) is 2.25. The van der Waals surface area contributed by atoms with Gasteiger partial charge in [0.1, 0.15) is 0 Å². The Bertz CT molecular complexity index is 2310. The minimum absolute atomic E-state index is 0.0601. The van der Waals surface area contributed by atoms with Crippen LogP contribution in [0.5, 0.6) is 0 Å². The first-order valence-electron chi connectivity index (χ1n) is 18.5. The molecular weight excluding hydrogens is 577 g/mol. The molecule has 1 fully saturated rings. The van der Waals surface area contributed by atoms with Crippen molar-refractivity contribution in [3.8, 4) is 0 Å². The first-order valence-corrected chi connectivity index (χ1v) is 18.5. The first-order chi connectivity index (χ1) is 22.4. The van der Waals surface area contributed by atoms with E-state index in [0.29, 0.717) is 11.8 Å². The monoisotopic (exact) mass is 628 g/mol. The van der Waals surface area contributed by atoms with Gasteiger partial charge in [-0.1, -0.05) is 143 Å². The molecule has 0 aliphatic heterocycles. The van der Waals surface area contributed by atoms with Gasteiger partial charge >= 0.3 is 0 Å². The highest BCUT2D eigenvalue weighted by atomic mass is 14.5. The summed E-state index contributed by atoms with van der Waals surface area (Å²) < 4.78 is 0. The van der Waals surface area contributed by atoms with E-state index in [2.05, 4.69) is 144 Å². The van der Waals surface area contributed by atoms with Crippen LogP contribution in [-0.2, 0) is 21.7 Å². The summed E-state index contributed by atoms with van der Waals surface area (Å²) in [6, 6.07) is 24.8. The average Bonchev–Trinajstić information content (AvgIpc) is 3.47. The van der Waals surface area contributed by atoms with Gasteiger partial charge in [0, 0.05) is 11.8 Å². The molecule has 0 heterocycles. The standard InChI is InChI=1S/C48H52/c1-45(2,3)37-21-33-29-19-31-32(20-30(29)34-22-38(46(4,5)6)26-16-13-15-25(37)41(26)43(33)34)36-24-40(48(10,11)12)28-18-14-17-27-39(47(7,8)9)23-35(31)44(36)42(27)28/h13-18,21-24,29,31H,19-20H2,1-12H3. The Kier molecular flexibility index (Phi) is 5.78. The molecule has 0 spiro atoms. The molecule has 0 saturated heterocycles. The summed E-state index contributed by atoms with van der Waals surface area (Å²) in [5, 5.41) is 15.1. The molecule has 3 aliphatic rings. The maximum absolute atomic E-state index is 2.65. The van der Waals surface area contributed by atoms with Crippen molar-refractivity contribution in [3.05, 3.63) is 104 Å². The molecule has 2 atom stereocenters. The van der Waals surface area contributed by atoms with E-state index >= 15 is 0 Å². The number of hydrogen-bond donors (Lipinski definition) is 0. The first kappa shape index (κ1) is 30.4. The van der Waals surface area contributed by atoms with Crippen molar-refractivity contribution >= 4 is 54.2 Å². The molecule has 0 aromatic heterocycles. The Morgan fingerprint density at radius 2 is 0.729 bits per heavy atom. The Morgan fingerprint density at radius 3 is 1.04 bits per heavy atom. The summed E-state index contributed by atoms with van der Waals surface area (Å²) in [7, 11) is 0. The van der Waals surface area contributed by atoms with E-state index in [0.717, 1.165) is 6.42 Å². The second-order valence-corrected chi connectivity index (χ2v) is 19.7. The zero-order chi connectivity index (χ0) is 34.0. The Labute approximate surface area is 287 Å². The molecule has 0 amide bonds. The minimum Gasteiger partial charge on any atom is -0.0610 e. The van der Waals surface area contributed by atoms with Crippen molar-refractivity contribution < 1.29 is 0 Å². The second kappa shape index (κ2) is 9.12. The van der Waals surface area contributed by atoms with E-state index in [1.54, 1.807) is 43.5 Å². The van der Waals surface area contributed by atoms with Crippen LogP contribution in [0.1, 0.15) is 141 Å². The fourth-order valence-electron chi connectivity index (χ4n) is 10.3. The molecule has 0 heteroatoms. The Balaban J connectivity index is 1.42. The van der Waals surface area contributed by atoms with E-state index in [1.807, 2.05) is 0 Å². The third-order valence-corrected chi connectivity index (χ3v) is 12.5. The van der Waals surface area contributed by atoms with Gasteiger partial charge in [-0.15, -0.1) is 0 Å². The molecule has 0 radical (unpaired) electrons. The smallest absolute Gasteiger partial charge is 0.00760 e. The van der Waals surface area contributed by atoms with Crippen LogP contribution in [0.2, 0.25) is 0 Å². The largest absolute Gasteiger partial charge is 0.0610 e. The van der Waals surface area contributed by atoms with Gasteiger partial charge in [-0.05, 0) is 134 Å². The lowest BCUT2D eigenvalue weighted by Crippen LogP contribution is -2.21. The van der Waals surface area contributed by atoms with E-state index < -0.39 is 0 Å². The van der Waals surface area contributed by atoms with Crippen LogP contribution in [0.4, 0.5) is 0 Å². The Morgan fingerprint density at radius 1 is 0.417 bits per heavy atom. The topological polar surface area (TPSA) is 0 Å². The molecule has 244 valence electrons. The van der Waals surface area contributed by atoms with Crippen molar-refractivity contribution in [3.63, 3.8) is 0 Å². The van der Waals surface area contributed by atoms with Crippen molar-refractivity contribution in [2.75, 3.05) is 0 Å². The summed E-state index contributed by atoms with van der Waals surface area (Å²) >= 11 is 0. The molecule has 2 unspecified atom stereocenters. The third-order valence-electron chi connectivity index (χ3n) is 12.5. The molecule has 0 nitrogen and oxygen atoms in total. The third kappa shape index (κ3) is 3.90. The quantitative estimate of drug-likeness (QED) is 0.157. The van der Waals surface area contributed by atoms with Gasteiger partial charge in [-0.2, -0.15) is 0 Å². The van der Waals surface area contributed by atoms with Crippen molar-refractivity contribution in [2.24, 2.45) is 0 Å². The summed E-state index contributed by atoms with van der Waals surface area (Å²) in [4.78, 5) is 0. The van der Waals surface area contributed by atoms with Crippen molar-refractivity contribution in [1.29, 1.82) is 0 Å². The van der Waals surface area contributed by atoms with E-state index in [1.165, 1.54) is 61.0 Å². The van der Waals surface area contributed by atoms with Crippen LogP contribution in [0.15, 0.2) is 60.7 Å². The lowest BCUT2D eigenvalue weighted by atomic mass is 9.71. The number of rotatable bonds is 0. The molecule has 0 N–H and O–H groups in total. The van der Waals surface area contributed by atoms with Crippen LogP contribution >= 0.6 is 0 Å². The van der Waals surface area contributed by atoms with Gasteiger partial charge in [-0.3, -0.25) is 0 Å². The summed E-state index contributed by atoms with van der Waals surface area (Å²) in [5.74, 6) is 0.918. The van der Waals surface area contributed by atoms with Gasteiger partial charge in [0.2, 0.25) is 0 Å². The number of hydrogen-bond acceptors (Lipinski definition) is 0. The Hall–Kier alpha value is -3.64. The lowest BCUT2D eigenvalue weighted by molar-refractivity contribution is 0.591. The van der Waals surface area contributed by atoms with Crippen molar-refractivity contribution in [2.45, 2.75) is 129 Å². The lowest BCUT2D eigenvalue weighted by Gasteiger charge is -2.32. The molecule has 0 bridgehead atoms. The SMILES string of the molecule is CC(C)(C)c1cc2c3c(cc(C(C)(C)C)c4cccc1c43)=C1CC3=c4cc(C(C)(C)C)c5cccc6c(C(C)(C)C)cc(c4c65)C3CC12. The number of fused-ring (bicyclic) bond motifs is 4. The highest BCUT2D eigenvalue weighted by Gasteiger charge is 2.42. The summed E-state index contributed by atoms with van der Waals surface area (Å²) in [6.45, 7) is 28.9. The maximum Gasteiger partial charge on any atom is 0.00760 e. The zero-order valence-corrected chi connectivity index (χ0v) is 31.3. The van der Waals surface area contributed by atoms with Gasteiger partial charge < -0.3 is 0 Å². The normalized spacial score (nSPS) is 19.4. The predicted octanol–water partition coefficient (Wildman–Crippen LogP) is 11.9. The molecule has 6 aromatic carbocycles. The second-order valence-electron chi connectivity index (χ2n) is 19.7. The summed E-state index contributed by atoms with van der Waals surface area (Å²) in [5.41, 5.74) is 12.8. The minimum atomic E-state index is 0.0601. The van der Waals surface area contributed by atoms with Crippen LogP contribution < -0.4 is 10.4 Å². The number of benzene rings is 6.